The zero-order valence-electron chi connectivity index (χ0n) is 16.1. The number of aliphatic hydroxyl groups is 1. The van der Waals surface area contributed by atoms with Gasteiger partial charge in [0, 0.05) is 31.4 Å². The molecule has 0 spiro atoms. The molecule has 3 rings (SSSR count). The standard InChI is InChI=1S/C18H30N6O3/c1-18(26)7-3-12(4-8-18)21-16-14(15(19)25)11-20-17(23-16)22-13-5-9-24(27-2)10-6-13/h11-13,26H,3-10H2,1-2H3,(H2,19,25)(H2,20,21,22,23). The maximum Gasteiger partial charge on any atom is 0.254 e. The van der Waals surface area contributed by atoms with Crippen molar-refractivity contribution in [2.45, 2.75) is 63.1 Å². The Balaban J connectivity index is 1.67. The van der Waals surface area contributed by atoms with Crippen molar-refractivity contribution < 1.29 is 14.7 Å². The number of rotatable bonds is 6. The molecular weight excluding hydrogens is 348 g/mol. The molecule has 1 saturated carbocycles. The van der Waals surface area contributed by atoms with E-state index in [4.69, 9.17) is 10.6 Å². The molecule has 27 heavy (non-hydrogen) atoms. The molecule has 0 radical (unpaired) electrons. The van der Waals surface area contributed by atoms with Crippen LogP contribution in [0, 0.1) is 0 Å². The third-order valence-electron chi connectivity index (χ3n) is 5.50. The predicted octanol–water partition coefficient (Wildman–Crippen LogP) is 1.12. The molecule has 0 bridgehead atoms. The normalized spacial score (nSPS) is 27.3. The van der Waals surface area contributed by atoms with E-state index >= 15 is 0 Å². The number of carbonyl (C=O) groups is 1. The van der Waals surface area contributed by atoms with Crippen LogP contribution in [-0.4, -0.2) is 63.9 Å². The molecule has 5 N–H and O–H groups in total. The van der Waals surface area contributed by atoms with E-state index in [9.17, 15) is 9.90 Å². The van der Waals surface area contributed by atoms with Gasteiger partial charge in [-0.3, -0.25) is 4.79 Å². The van der Waals surface area contributed by atoms with E-state index in [1.807, 2.05) is 12.0 Å². The first-order valence-corrected chi connectivity index (χ1v) is 9.57. The summed E-state index contributed by atoms with van der Waals surface area (Å²) in [5.41, 5.74) is 5.16. The number of nitrogens with one attached hydrogen (secondary N) is 2. The van der Waals surface area contributed by atoms with Crippen LogP contribution in [0.3, 0.4) is 0 Å². The SMILES string of the molecule is CON1CCC(Nc2ncc(C(N)=O)c(NC3CCC(C)(O)CC3)n2)CC1. The average molecular weight is 378 g/mol. The Labute approximate surface area is 159 Å². The Morgan fingerprint density at radius 3 is 2.48 bits per heavy atom. The van der Waals surface area contributed by atoms with Crippen molar-refractivity contribution in [3.63, 3.8) is 0 Å². The minimum Gasteiger partial charge on any atom is -0.390 e. The number of anilines is 2. The summed E-state index contributed by atoms with van der Waals surface area (Å²) in [5, 5.41) is 18.7. The molecule has 2 fully saturated rings. The summed E-state index contributed by atoms with van der Waals surface area (Å²) in [6, 6.07) is 0.407. The van der Waals surface area contributed by atoms with Gasteiger partial charge in [0.05, 0.1) is 18.3 Å². The van der Waals surface area contributed by atoms with Gasteiger partial charge >= 0.3 is 0 Å². The largest absolute Gasteiger partial charge is 0.390 e. The van der Waals surface area contributed by atoms with Gasteiger partial charge in [-0.1, -0.05) is 0 Å². The zero-order chi connectivity index (χ0) is 19.4. The molecule has 9 heteroatoms. The molecule has 2 aliphatic rings. The summed E-state index contributed by atoms with van der Waals surface area (Å²) >= 11 is 0. The van der Waals surface area contributed by atoms with Crippen LogP contribution < -0.4 is 16.4 Å². The number of piperidine rings is 1. The summed E-state index contributed by atoms with van der Waals surface area (Å²) in [7, 11) is 1.68. The van der Waals surface area contributed by atoms with Crippen molar-refractivity contribution in [1.82, 2.24) is 15.0 Å². The second-order valence-corrected chi connectivity index (χ2v) is 7.77. The third kappa shape index (κ3) is 5.27. The number of aromatic nitrogens is 2. The summed E-state index contributed by atoms with van der Waals surface area (Å²) in [6.45, 7) is 3.56. The Morgan fingerprint density at radius 2 is 1.89 bits per heavy atom. The summed E-state index contributed by atoms with van der Waals surface area (Å²) < 4.78 is 0. The Morgan fingerprint density at radius 1 is 1.26 bits per heavy atom. The quantitative estimate of drug-likeness (QED) is 0.580. The Kier molecular flexibility index (Phi) is 6.13. The first kappa shape index (κ1) is 19.8. The van der Waals surface area contributed by atoms with Crippen LogP contribution >= 0.6 is 0 Å². The smallest absolute Gasteiger partial charge is 0.254 e. The van der Waals surface area contributed by atoms with Gasteiger partial charge in [-0.2, -0.15) is 10.0 Å². The Bertz CT molecular complexity index is 650. The van der Waals surface area contributed by atoms with Crippen LogP contribution in [0.15, 0.2) is 6.20 Å². The second kappa shape index (κ2) is 8.37. The van der Waals surface area contributed by atoms with E-state index in [1.54, 1.807) is 7.11 Å². The third-order valence-corrected chi connectivity index (χ3v) is 5.50. The molecule has 2 heterocycles. The molecule has 0 unspecified atom stereocenters. The van der Waals surface area contributed by atoms with E-state index in [2.05, 4.69) is 20.6 Å². The molecule has 1 aliphatic heterocycles. The number of nitrogens with two attached hydrogens (primary N) is 1. The number of amides is 1. The number of nitrogens with zero attached hydrogens (tertiary/aromatic N) is 3. The lowest BCUT2D eigenvalue weighted by molar-refractivity contribution is -0.142. The molecule has 1 aromatic heterocycles. The highest BCUT2D eigenvalue weighted by molar-refractivity contribution is 5.97. The van der Waals surface area contributed by atoms with E-state index < -0.39 is 11.5 Å². The monoisotopic (exact) mass is 378 g/mol. The molecule has 1 aliphatic carbocycles. The number of hydroxylamine groups is 2. The lowest BCUT2D eigenvalue weighted by atomic mass is 9.83. The number of hydrogen-bond acceptors (Lipinski definition) is 8. The van der Waals surface area contributed by atoms with Gasteiger partial charge in [0.1, 0.15) is 5.82 Å². The molecule has 1 amide bonds. The number of carbonyl (C=O) groups excluding carboxylic acids is 1. The van der Waals surface area contributed by atoms with Gasteiger partial charge in [0.25, 0.3) is 5.91 Å². The lowest BCUT2D eigenvalue weighted by Crippen LogP contribution is -2.39. The van der Waals surface area contributed by atoms with Crippen molar-refractivity contribution in [2.75, 3.05) is 30.8 Å². The van der Waals surface area contributed by atoms with Crippen molar-refractivity contribution >= 4 is 17.7 Å². The van der Waals surface area contributed by atoms with Crippen molar-refractivity contribution in [2.24, 2.45) is 5.73 Å². The van der Waals surface area contributed by atoms with Gasteiger partial charge < -0.3 is 26.3 Å². The molecule has 9 nitrogen and oxygen atoms in total. The van der Waals surface area contributed by atoms with E-state index in [-0.39, 0.29) is 17.6 Å². The summed E-state index contributed by atoms with van der Waals surface area (Å²) in [5.74, 6) is 0.391. The summed E-state index contributed by atoms with van der Waals surface area (Å²) in [4.78, 5) is 25.8. The minimum atomic E-state index is -0.611. The zero-order valence-corrected chi connectivity index (χ0v) is 16.1. The lowest BCUT2D eigenvalue weighted by Gasteiger charge is -2.34. The summed E-state index contributed by atoms with van der Waals surface area (Å²) in [6.07, 6.45) is 6.38. The topological polar surface area (TPSA) is 126 Å². The number of hydrogen-bond donors (Lipinski definition) is 4. The van der Waals surface area contributed by atoms with Gasteiger partial charge in [-0.15, -0.1) is 0 Å². The fraction of sp³-hybridized carbons (Fsp3) is 0.722. The highest BCUT2D eigenvalue weighted by Gasteiger charge is 2.29. The fourth-order valence-corrected chi connectivity index (χ4v) is 3.68. The van der Waals surface area contributed by atoms with Gasteiger partial charge in [0.2, 0.25) is 5.95 Å². The first-order chi connectivity index (χ1) is 12.9. The number of primary amides is 1. The second-order valence-electron chi connectivity index (χ2n) is 7.77. The van der Waals surface area contributed by atoms with Gasteiger partial charge in [-0.05, 0) is 45.4 Å². The predicted molar refractivity (Wildman–Crippen MR) is 102 cm³/mol. The van der Waals surface area contributed by atoms with Gasteiger partial charge in [0.15, 0.2) is 0 Å². The van der Waals surface area contributed by atoms with Crippen LogP contribution in [-0.2, 0) is 4.84 Å². The highest BCUT2D eigenvalue weighted by Crippen LogP contribution is 2.30. The van der Waals surface area contributed by atoms with E-state index in [1.165, 1.54) is 6.20 Å². The van der Waals surface area contributed by atoms with Crippen LogP contribution in [0.5, 0.6) is 0 Å². The van der Waals surface area contributed by atoms with Crippen LogP contribution in [0.25, 0.3) is 0 Å². The van der Waals surface area contributed by atoms with Crippen molar-refractivity contribution in [1.29, 1.82) is 0 Å². The molecular formula is C18H30N6O3. The van der Waals surface area contributed by atoms with Crippen LogP contribution in [0.2, 0.25) is 0 Å². The maximum atomic E-state index is 11.8. The highest BCUT2D eigenvalue weighted by atomic mass is 16.7. The van der Waals surface area contributed by atoms with Crippen LogP contribution in [0.4, 0.5) is 11.8 Å². The molecule has 1 saturated heterocycles. The van der Waals surface area contributed by atoms with E-state index in [0.717, 1.165) is 38.8 Å². The maximum absolute atomic E-state index is 11.8. The Hall–Kier alpha value is -1.97. The van der Waals surface area contributed by atoms with Crippen molar-refractivity contribution in [3.8, 4) is 0 Å². The van der Waals surface area contributed by atoms with Crippen LogP contribution in [0.1, 0.15) is 55.8 Å². The fourth-order valence-electron chi connectivity index (χ4n) is 3.68. The van der Waals surface area contributed by atoms with Crippen molar-refractivity contribution in [3.05, 3.63) is 11.8 Å². The molecule has 0 atom stereocenters. The van der Waals surface area contributed by atoms with E-state index in [0.29, 0.717) is 24.6 Å². The average Bonchev–Trinajstić information content (AvgIpc) is 2.64. The molecule has 1 aromatic rings. The minimum absolute atomic E-state index is 0.149. The first-order valence-electron chi connectivity index (χ1n) is 9.57. The molecule has 0 aromatic carbocycles. The van der Waals surface area contributed by atoms with Gasteiger partial charge in [-0.25, -0.2) is 4.98 Å². The molecule has 150 valence electrons.